The quantitative estimate of drug-likeness (QED) is 0.814. The van der Waals surface area contributed by atoms with Crippen LogP contribution >= 0.6 is 0 Å². The largest absolute Gasteiger partial charge is 0.350 e. The summed E-state index contributed by atoms with van der Waals surface area (Å²) in [4.78, 5) is 15.4. The van der Waals surface area contributed by atoms with Gasteiger partial charge in [0.15, 0.2) is 0 Å². The number of carbonyl (C=O) groups is 1. The molecular weight excluding hydrogens is 221 g/mol. The zero-order valence-corrected chi connectivity index (χ0v) is 10.2. The SMILES string of the molecule is CC(C)(CCN)CNC(=O)c1ccc(F)cn1. The second kappa shape index (κ2) is 5.72. The van der Waals surface area contributed by atoms with Crippen molar-refractivity contribution in [1.82, 2.24) is 10.3 Å². The van der Waals surface area contributed by atoms with Crippen molar-refractivity contribution >= 4 is 5.91 Å². The van der Waals surface area contributed by atoms with E-state index in [-0.39, 0.29) is 17.0 Å². The molecule has 1 rings (SSSR count). The van der Waals surface area contributed by atoms with Crippen molar-refractivity contribution in [1.29, 1.82) is 0 Å². The fourth-order valence-corrected chi connectivity index (χ4v) is 1.40. The molecule has 0 bridgehead atoms. The zero-order chi connectivity index (χ0) is 12.9. The second-order valence-corrected chi connectivity index (χ2v) is 4.75. The average molecular weight is 239 g/mol. The Bertz CT molecular complexity index is 376. The molecule has 0 aromatic carbocycles. The smallest absolute Gasteiger partial charge is 0.269 e. The number of carbonyl (C=O) groups excluding carboxylic acids is 1. The first-order valence-electron chi connectivity index (χ1n) is 5.54. The predicted molar refractivity (Wildman–Crippen MR) is 64.0 cm³/mol. The third-order valence-electron chi connectivity index (χ3n) is 2.51. The molecule has 0 radical (unpaired) electrons. The van der Waals surface area contributed by atoms with Crippen LogP contribution in [0.25, 0.3) is 0 Å². The normalized spacial score (nSPS) is 11.3. The molecule has 1 amide bonds. The number of aromatic nitrogens is 1. The van der Waals surface area contributed by atoms with Crippen LogP contribution in [-0.2, 0) is 0 Å². The highest BCUT2D eigenvalue weighted by molar-refractivity contribution is 5.92. The lowest BCUT2D eigenvalue weighted by molar-refractivity contribution is 0.0930. The van der Waals surface area contributed by atoms with Crippen LogP contribution in [0.2, 0.25) is 0 Å². The van der Waals surface area contributed by atoms with Crippen LogP contribution in [-0.4, -0.2) is 24.0 Å². The van der Waals surface area contributed by atoms with E-state index in [1.165, 1.54) is 12.1 Å². The lowest BCUT2D eigenvalue weighted by atomic mass is 9.89. The van der Waals surface area contributed by atoms with Gasteiger partial charge in [0.2, 0.25) is 0 Å². The van der Waals surface area contributed by atoms with Crippen LogP contribution in [0.1, 0.15) is 30.8 Å². The van der Waals surface area contributed by atoms with E-state index in [1.54, 1.807) is 0 Å². The van der Waals surface area contributed by atoms with Crippen molar-refractivity contribution < 1.29 is 9.18 Å². The number of rotatable bonds is 5. The molecular formula is C12H18FN3O. The Labute approximate surface area is 100 Å². The molecule has 0 saturated carbocycles. The van der Waals surface area contributed by atoms with Gasteiger partial charge in [-0.1, -0.05) is 13.8 Å². The number of halogens is 1. The van der Waals surface area contributed by atoms with E-state index in [1.807, 2.05) is 13.8 Å². The molecule has 4 nitrogen and oxygen atoms in total. The van der Waals surface area contributed by atoms with Gasteiger partial charge in [0, 0.05) is 6.54 Å². The van der Waals surface area contributed by atoms with E-state index in [2.05, 4.69) is 10.3 Å². The van der Waals surface area contributed by atoms with E-state index < -0.39 is 5.82 Å². The summed E-state index contributed by atoms with van der Waals surface area (Å²) in [6.45, 7) is 5.15. The molecule has 0 saturated heterocycles. The molecule has 0 aliphatic heterocycles. The van der Waals surface area contributed by atoms with Crippen LogP contribution < -0.4 is 11.1 Å². The van der Waals surface area contributed by atoms with Crippen molar-refractivity contribution in [2.24, 2.45) is 11.1 Å². The van der Waals surface area contributed by atoms with Crippen LogP contribution in [0, 0.1) is 11.2 Å². The summed E-state index contributed by atoms with van der Waals surface area (Å²) < 4.78 is 12.6. The van der Waals surface area contributed by atoms with Gasteiger partial charge in [0.05, 0.1) is 6.20 Å². The van der Waals surface area contributed by atoms with Gasteiger partial charge in [-0.3, -0.25) is 4.79 Å². The van der Waals surface area contributed by atoms with Gasteiger partial charge >= 0.3 is 0 Å². The Morgan fingerprint density at radius 1 is 1.53 bits per heavy atom. The predicted octanol–water partition coefficient (Wildman–Crippen LogP) is 1.33. The standard InChI is InChI=1S/C12H18FN3O/c1-12(2,5-6-14)8-16-11(17)10-4-3-9(13)7-15-10/h3-4,7H,5-6,8,14H2,1-2H3,(H,16,17). The Kier molecular flexibility index (Phi) is 4.57. The minimum absolute atomic E-state index is 0.0512. The van der Waals surface area contributed by atoms with Gasteiger partial charge in [-0.25, -0.2) is 9.37 Å². The van der Waals surface area contributed by atoms with E-state index in [0.29, 0.717) is 13.1 Å². The first-order valence-corrected chi connectivity index (χ1v) is 5.54. The van der Waals surface area contributed by atoms with Gasteiger partial charge < -0.3 is 11.1 Å². The van der Waals surface area contributed by atoms with Crippen molar-refractivity contribution in [3.8, 4) is 0 Å². The molecule has 0 fully saturated rings. The third kappa shape index (κ3) is 4.48. The molecule has 17 heavy (non-hydrogen) atoms. The highest BCUT2D eigenvalue weighted by Crippen LogP contribution is 2.17. The summed E-state index contributed by atoms with van der Waals surface area (Å²) in [6.07, 6.45) is 1.85. The van der Waals surface area contributed by atoms with E-state index in [4.69, 9.17) is 5.73 Å². The fourth-order valence-electron chi connectivity index (χ4n) is 1.40. The molecule has 0 aliphatic rings. The van der Waals surface area contributed by atoms with Crippen LogP contribution in [0.4, 0.5) is 4.39 Å². The highest BCUT2D eigenvalue weighted by Gasteiger charge is 2.18. The van der Waals surface area contributed by atoms with Crippen molar-refractivity contribution in [3.63, 3.8) is 0 Å². The zero-order valence-electron chi connectivity index (χ0n) is 10.2. The minimum Gasteiger partial charge on any atom is -0.350 e. The molecule has 0 spiro atoms. The Balaban J connectivity index is 2.53. The maximum absolute atomic E-state index is 12.6. The van der Waals surface area contributed by atoms with E-state index >= 15 is 0 Å². The van der Waals surface area contributed by atoms with Crippen LogP contribution in [0.3, 0.4) is 0 Å². The van der Waals surface area contributed by atoms with Crippen molar-refractivity contribution in [2.75, 3.05) is 13.1 Å². The van der Waals surface area contributed by atoms with Gasteiger partial charge in [0.25, 0.3) is 5.91 Å². The molecule has 1 aromatic rings. The second-order valence-electron chi connectivity index (χ2n) is 4.75. The Morgan fingerprint density at radius 2 is 2.24 bits per heavy atom. The first-order chi connectivity index (χ1) is 7.94. The van der Waals surface area contributed by atoms with Gasteiger partial charge in [0.1, 0.15) is 11.5 Å². The molecule has 0 aliphatic carbocycles. The average Bonchev–Trinajstić information content (AvgIpc) is 2.27. The number of nitrogens with zero attached hydrogens (tertiary/aromatic N) is 1. The highest BCUT2D eigenvalue weighted by atomic mass is 19.1. The lowest BCUT2D eigenvalue weighted by Crippen LogP contribution is -2.35. The Hall–Kier alpha value is -1.49. The molecule has 1 heterocycles. The number of hydrogen-bond acceptors (Lipinski definition) is 3. The summed E-state index contributed by atoms with van der Waals surface area (Å²) in [5.74, 6) is -0.750. The van der Waals surface area contributed by atoms with Crippen LogP contribution in [0.15, 0.2) is 18.3 Å². The summed E-state index contributed by atoms with van der Waals surface area (Å²) in [7, 11) is 0. The summed E-state index contributed by atoms with van der Waals surface area (Å²) >= 11 is 0. The number of nitrogens with one attached hydrogen (secondary N) is 1. The molecule has 94 valence electrons. The molecule has 0 atom stereocenters. The van der Waals surface area contributed by atoms with Gasteiger partial charge in [-0.2, -0.15) is 0 Å². The molecule has 3 N–H and O–H groups in total. The summed E-state index contributed by atoms with van der Waals surface area (Å²) in [5, 5.41) is 2.76. The Morgan fingerprint density at radius 3 is 2.76 bits per heavy atom. The number of nitrogens with two attached hydrogens (primary N) is 1. The topological polar surface area (TPSA) is 68.0 Å². The molecule has 5 heteroatoms. The minimum atomic E-state index is -0.454. The number of hydrogen-bond donors (Lipinski definition) is 2. The van der Waals surface area contributed by atoms with Crippen LogP contribution in [0.5, 0.6) is 0 Å². The lowest BCUT2D eigenvalue weighted by Gasteiger charge is -2.23. The van der Waals surface area contributed by atoms with Gasteiger partial charge in [-0.05, 0) is 30.5 Å². The maximum atomic E-state index is 12.6. The third-order valence-corrected chi connectivity index (χ3v) is 2.51. The van der Waals surface area contributed by atoms with E-state index in [9.17, 15) is 9.18 Å². The number of pyridine rings is 1. The van der Waals surface area contributed by atoms with Crippen molar-refractivity contribution in [2.45, 2.75) is 20.3 Å². The van der Waals surface area contributed by atoms with E-state index in [0.717, 1.165) is 12.6 Å². The monoisotopic (exact) mass is 239 g/mol. The summed E-state index contributed by atoms with van der Waals surface area (Å²) in [6, 6.07) is 2.58. The fraction of sp³-hybridized carbons (Fsp3) is 0.500. The first kappa shape index (κ1) is 13.6. The summed E-state index contributed by atoms with van der Waals surface area (Å²) in [5.41, 5.74) is 5.65. The maximum Gasteiger partial charge on any atom is 0.269 e. The van der Waals surface area contributed by atoms with Crippen molar-refractivity contribution in [3.05, 3.63) is 29.8 Å². The van der Waals surface area contributed by atoms with Gasteiger partial charge in [-0.15, -0.1) is 0 Å². The number of amides is 1. The molecule has 0 unspecified atom stereocenters. The molecule has 1 aromatic heterocycles.